The number of nitrogens with two attached hydrogens (primary N) is 1. The van der Waals surface area contributed by atoms with E-state index in [2.05, 4.69) is 83.0 Å². The molecule has 3 aliphatic rings. The van der Waals surface area contributed by atoms with E-state index in [4.69, 9.17) is 40.0 Å². The number of carbonyl (C=O) groups excluding carboxylic acids is 2. The van der Waals surface area contributed by atoms with Crippen LogP contribution in [0.1, 0.15) is 79.7 Å². The Bertz CT molecular complexity index is 5840. The van der Waals surface area contributed by atoms with Crippen molar-refractivity contribution in [3.05, 3.63) is 235 Å². The number of nitrogens with zero attached hydrogens (tertiary/aromatic N) is 17. The highest BCUT2D eigenvalue weighted by Crippen LogP contribution is 2.34. The molecule has 2 unspecified atom stereocenters. The van der Waals surface area contributed by atoms with Crippen LogP contribution in [0.2, 0.25) is 0 Å². The molecule has 2 amide bonds. The fourth-order valence-corrected chi connectivity index (χ4v) is 13.4. The van der Waals surface area contributed by atoms with Crippen molar-refractivity contribution in [2.75, 3.05) is 75.9 Å². The van der Waals surface area contributed by atoms with Gasteiger partial charge in [0.1, 0.15) is 51.1 Å². The van der Waals surface area contributed by atoms with Gasteiger partial charge < -0.3 is 66.1 Å². The van der Waals surface area contributed by atoms with E-state index in [-0.39, 0.29) is 55.5 Å². The summed E-state index contributed by atoms with van der Waals surface area (Å²) in [5, 5.41) is 60.6. The number of carbonyl (C=O) groups is 3. The summed E-state index contributed by atoms with van der Waals surface area (Å²) in [6.07, 6.45) is 13.2. The first-order valence-corrected chi connectivity index (χ1v) is 35.7. The van der Waals surface area contributed by atoms with E-state index in [9.17, 15) is 29.7 Å². The predicted molar refractivity (Wildman–Crippen MR) is 420 cm³/mol. The number of rotatable bonds is 18. The number of pyridine rings is 3. The zero-order valence-electron chi connectivity index (χ0n) is 61.8. The minimum Gasteiger partial charge on any atom is -0.477 e. The summed E-state index contributed by atoms with van der Waals surface area (Å²) >= 11 is 0. The third-order valence-electron chi connectivity index (χ3n) is 19.3. The number of aliphatic hydroxyl groups is 3. The Kier molecular flexibility index (Phi) is 21.7. The van der Waals surface area contributed by atoms with E-state index in [1.807, 2.05) is 175 Å². The molecule has 3 fully saturated rings. The number of aromatic carboxylic acids is 1. The maximum absolute atomic E-state index is 13.3. The standard InChI is InChI=1S/C29H29N7O3.C25H22N6O2.C22H23N7O3.C4H9NO2/c1-18(2)20-9-10-24(35-12-11-30-27(20)35)22-13-26(34(3)15-19-7-5-4-6-8-19)36-28(32-22)21(14-31-36)29(38)33-23-16-39-17-25(23)37;1-16(2)18-9-10-21(30-12-11-26-23(18)30)20-13-22(29(3)15-17-7-5-4-6-8-17)31-24(28-20)19(14-27-31)25(32)33;1-12(2)13-4-5-17(28-7-6-24-20(13)28)15-8-19(23-3)29-21(26-15)14(9-25-29)22(31)27-16-10-32-11-18(16)30;5-3-1-7-2-4(3)6/h4-14,23,25,37H,1,15-17H2,2-3H3,(H,33,38);4-14H,1,15H2,2-3H3,(H,32,33);4-9,16,18,23,30H,1,10-11H2,2-3H3,(H,27,31);3-4,6H,1-2,5H2/t23?,25-;;16?,18-;3-,4+/m1.10/s1. The summed E-state index contributed by atoms with van der Waals surface area (Å²) in [5.41, 5.74) is 21.6. The van der Waals surface area contributed by atoms with Crippen LogP contribution in [-0.4, -0.2) is 207 Å². The van der Waals surface area contributed by atoms with Crippen molar-refractivity contribution in [3.63, 3.8) is 0 Å². The Balaban J connectivity index is 0.000000133. The first-order chi connectivity index (χ1) is 53.6. The second-order valence-electron chi connectivity index (χ2n) is 27.4. The zero-order chi connectivity index (χ0) is 77.9. The number of aliphatic hydroxyl groups excluding tert-OH is 3. The summed E-state index contributed by atoms with van der Waals surface area (Å²) in [4.78, 5) is 70.1. The highest BCUT2D eigenvalue weighted by Gasteiger charge is 2.32. The monoisotopic (exact) mass is 1500 g/mol. The molecule has 6 atom stereocenters. The van der Waals surface area contributed by atoms with Crippen molar-refractivity contribution in [3.8, 4) is 34.2 Å². The van der Waals surface area contributed by atoms with Gasteiger partial charge >= 0.3 is 5.97 Å². The lowest BCUT2D eigenvalue weighted by Crippen LogP contribution is -2.42. The molecule has 3 aliphatic heterocycles. The number of ether oxygens (including phenoxy) is 3. The highest BCUT2D eigenvalue weighted by atomic mass is 16.5. The average molecular weight is 1500 g/mol. The maximum Gasteiger partial charge on any atom is 0.341 e. The Hall–Kier alpha value is -12.9. The van der Waals surface area contributed by atoms with Crippen LogP contribution in [0.4, 0.5) is 17.5 Å². The van der Waals surface area contributed by atoms with E-state index in [0.29, 0.717) is 71.6 Å². The molecule has 0 radical (unpaired) electrons. The van der Waals surface area contributed by atoms with Gasteiger partial charge in [0.05, 0.1) is 129 Å². The summed E-state index contributed by atoms with van der Waals surface area (Å²) in [7, 11) is 5.71. The normalized spacial score (nSPS) is 17.3. The van der Waals surface area contributed by atoms with Gasteiger partial charge in [0.25, 0.3) is 11.8 Å². The Morgan fingerprint density at radius 3 is 1.21 bits per heavy atom. The second kappa shape index (κ2) is 32.1. The molecular formula is C80H83N21O10. The van der Waals surface area contributed by atoms with E-state index >= 15 is 0 Å². The van der Waals surface area contributed by atoms with Crippen LogP contribution in [0.25, 0.3) is 84.8 Å². The minimum absolute atomic E-state index is 0.0478. The Morgan fingerprint density at radius 1 is 0.486 bits per heavy atom. The number of nitrogens with one attached hydrogen (secondary N) is 3. The van der Waals surface area contributed by atoms with Gasteiger partial charge in [-0.25, -0.2) is 34.7 Å². The van der Waals surface area contributed by atoms with E-state index < -0.39 is 36.4 Å². The Labute approximate surface area is 635 Å². The molecule has 31 nitrogen and oxygen atoms in total. The van der Waals surface area contributed by atoms with Gasteiger partial charge in [0.2, 0.25) is 0 Å². The number of fused-ring (bicyclic) bond motifs is 6. The molecular weight excluding hydrogens is 1420 g/mol. The molecule has 0 bridgehead atoms. The van der Waals surface area contributed by atoms with Crippen LogP contribution >= 0.6 is 0 Å². The predicted octanol–water partition coefficient (Wildman–Crippen LogP) is 7.93. The fourth-order valence-electron chi connectivity index (χ4n) is 13.4. The molecule has 568 valence electrons. The van der Waals surface area contributed by atoms with E-state index in [1.54, 1.807) is 39.2 Å². The number of carboxylic acid groups (broad SMARTS) is 1. The van der Waals surface area contributed by atoms with Gasteiger partial charge in [-0.15, -0.1) is 0 Å². The minimum atomic E-state index is -1.07. The lowest BCUT2D eigenvalue weighted by Gasteiger charge is -2.21. The largest absolute Gasteiger partial charge is 0.477 e. The number of anilines is 3. The van der Waals surface area contributed by atoms with Crippen LogP contribution in [0.3, 0.4) is 0 Å². The Morgan fingerprint density at radius 2 is 0.856 bits per heavy atom. The number of amides is 2. The van der Waals surface area contributed by atoms with Crippen LogP contribution in [0.5, 0.6) is 0 Å². The number of hydrogen-bond acceptors (Lipinski definition) is 22. The maximum atomic E-state index is 13.3. The molecule has 31 heteroatoms. The molecule has 0 saturated carbocycles. The van der Waals surface area contributed by atoms with Crippen LogP contribution in [0, 0.1) is 0 Å². The number of carboxylic acids is 1. The van der Waals surface area contributed by atoms with E-state index in [0.717, 1.165) is 90.2 Å². The second-order valence-corrected chi connectivity index (χ2v) is 27.4. The van der Waals surface area contributed by atoms with Gasteiger partial charge in [-0.1, -0.05) is 80.4 Å². The van der Waals surface area contributed by atoms with Crippen LogP contribution in [-0.2, 0) is 27.3 Å². The molecule has 14 aromatic rings. The molecule has 0 spiro atoms. The van der Waals surface area contributed by atoms with Crippen molar-refractivity contribution in [1.82, 2.24) is 82.6 Å². The quantitative estimate of drug-likeness (QED) is 0.0404. The number of benzene rings is 2. The topological polar surface area (TPSA) is 371 Å². The van der Waals surface area contributed by atoms with Crippen molar-refractivity contribution in [2.45, 2.75) is 70.3 Å². The molecule has 2 aromatic carbocycles. The zero-order valence-corrected chi connectivity index (χ0v) is 61.8. The summed E-state index contributed by atoms with van der Waals surface area (Å²) < 4.78 is 26.0. The fraction of sp³-hybridized carbons (Fsp3) is 0.250. The van der Waals surface area contributed by atoms with Gasteiger partial charge in [-0.2, -0.15) is 28.8 Å². The lowest BCUT2D eigenvalue weighted by atomic mass is 10.1. The van der Waals surface area contributed by atoms with Crippen molar-refractivity contribution in [2.24, 2.45) is 5.73 Å². The van der Waals surface area contributed by atoms with Gasteiger partial charge in [0, 0.05) is 106 Å². The third kappa shape index (κ3) is 15.4. The molecule has 0 aliphatic carbocycles. The average Bonchev–Trinajstić information content (AvgIpc) is 1.69. The van der Waals surface area contributed by atoms with Crippen LogP contribution < -0.4 is 31.5 Å². The third-order valence-corrected chi connectivity index (χ3v) is 19.3. The smallest absolute Gasteiger partial charge is 0.341 e. The number of aromatic nitrogens is 15. The molecule has 111 heavy (non-hydrogen) atoms. The van der Waals surface area contributed by atoms with Crippen molar-refractivity contribution >= 4 is 85.8 Å². The summed E-state index contributed by atoms with van der Waals surface area (Å²) in [6.45, 7) is 21.1. The number of allylic oxidation sites excluding steroid dienone is 3. The van der Waals surface area contributed by atoms with Gasteiger partial charge in [0.15, 0.2) is 16.9 Å². The van der Waals surface area contributed by atoms with Gasteiger partial charge in [-0.05, 0) is 85.0 Å². The summed E-state index contributed by atoms with van der Waals surface area (Å²) in [6, 6.07) is 36.7. The molecule has 17 rings (SSSR count). The summed E-state index contributed by atoms with van der Waals surface area (Å²) in [5.74, 6) is 0.350. The molecule has 3 saturated heterocycles. The molecule has 15 heterocycles. The SMILES string of the molecule is C=C(C)c1ccc(-c2cc(N(C)Cc3ccccc3)n3ncc(C(=O)NC4COC[C@H]4O)c3n2)n2ccnc12.C=C(C)c1ccc(-c2cc(N(C)Cc3ccccc3)n3ncc(C(=O)O)c3n2)n2ccnc12.C=C(C)c1ccc(-c2cc(NC)n3ncc(C(=O)NC4COC[C@H]4O)c3n2)n2ccnc12.N[C@H]1COC[C@H]1O. The van der Waals surface area contributed by atoms with Crippen LogP contribution in [0.15, 0.2) is 191 Å². The van der Waals surface area contributed by atoms with Crippen molar-refractivity contribution < 1.29 is 49.0 Å². The molecule has 9 N–H and O–H groups in total. The number of imidazole rings is 3. The van der Waals surface area contributed by atoms with E-state index in [1.165, 1.54) is 18.6 Å². The first-order valence-electron chi connectivity index (χ1n) is 35.7. The van der Waals surface area contributed by atoms with Crippen molar-refractivity contribution in [1.29, 1.82) is 0 Å². The molecule has 12 aromatic heterocycles. The van der Waals surface area contributed by atoms with Gasteiger partial charge in [-0.3, -0.25) is 22.8 Å². The first kappa shape index (κ1) is 75.0. The number of hydrogen-bond donors (Lipinski definition) is 8. The lowest BCUT2D eigenvalue weighted by molar-refractivity contribution is 0.0698. The highest BCUT2D eigenvalue weighted by molar-refractivity contribution is 6.01.